The highest BCUT2D eigenvalue weighted by Gasteiger charge is 2.52. The van der Waals surface area contributed by atoms with Crippen LogP contribution in [0.2, 0.25) is 10.0 Å². The fourth-order valence-electron chi connectivity index (χ4n) is 9.11. The van der Waals surface area contributed by atoms with Crippen LogP contribution in [-0.2, 0) is 32.8 Å². The molecular weight excluding hydrogens is 725 g/mol. The maximum Gasteiger partial charge on any atom is 0.334 e. The Morgan fingerprint density at radius 3 is 1.94 bits per heavy atom. The van der Waals surface area contributed by atoms with Crippen molar-refractivity contribution in [3.05, 3.63) is 91.7 Å². The number of carbonyl (C=O) groups is 3. The number of aryl methyl sites for hydroxylation is 1. The minimum atomic E-state index is -1.79. The van der Waals surface area contributed by atoms with Crippen LogP contribution >= 0.6 is 23.2 Å². The Morgan fingerprint density at radius 2 is 1.39 bits per heavy atom. The zero-order valence-electron chi connectivity index (χ0n) is 32.3. The summed E-state index contributed by atoms with van der Waals surface area (Å²) in [6, 6.07) is 12.9. The number of nitrogens with two attached hydrogens (primary N) is 1. The van der Waals surface area contributed by atoms with E-state index in [1.165, 1.54) is 19.3 Å². The lowest BCUT2D eigenvalue weighted by Gasteiger charge is -2.45. The number of allylic oxidation sites excluding steroid dienone is 1. The number of nitrogens with zero attached hydrogens (tertiary/aromatic N) is 4. The van der Waals surface area contributed by atoms with Crippen LogP contribution in [-0.4, -0.2) is 107 Å². The van der Waals surface area contributed by atoms with Crippen LogP contribution in [0.3, 0.4) is 0 Å². The van der Waals surface area contributed by atoms with E-state index in [4.69, 9.17) is 28.9 Å². The number of aliphatic carboxylic acids is 2. The largest absolute Gasteiger partial charge is 0.478 e. The van der Waals surface area contributed by atoms with Gasteiger partial charge in [0.05, 0.1) is 23.0 Å². The number of hydrogen-bond donors (Lipinski definition) is 3. The lowest BCUT2D eigenvalue weighted by atomic mass is 9.66. The number of hydrogen-bond acceptors (Lipinski definition) is 7. The molecule has 2 aromatic carbocycles. The van der Waals surface area contributed by atoms with Gasteiger partial charge in [-0.25, -0.2) is 9.59 Å². The molecule has 12 heteroatoms. The molecule has 1 saturated heterocycles. The van der Waals surface area contributed by atoms with Crippen molar-refractivity contribution in [2.24, 2.45) is 11.1 Å². The van der Waals surface area contributed by atoms with Crippen molar-refractivity contribution in [3.8, 4) is 0 Å². The monoisotopic (exact) mass is 781 g/mol. The van der Waals surface area contributed by atoms with Gasteiger partial charge in [0.25, 0.3) is 0 Å². The smallest absolute Gasteiger partial charge is 0.334 e. The van der Waals surface area contributed by atoms with Crippen LogP contribution in [0.1, 0.15) is 82.4 Å². The Bertz CT molecular complexity index is 1740. The Hall–Kier alpha value is -3.41. The van der Waals surface area contributed by atoms with Gasteiger partial charge in [-0.15, -0.1) is 0 Å². The SMILES string of the molecule is CCN(CC)Cc1ccccc1CCC1=C(C(=O)O)C(C)(c2c(Cl)cccc2Cl)C(C(=O)O)=C(CC(=O)N2CCN(CC3(CN)CCCCC3)CC2)N1C. The quantitative estimate of drug-likeness (QED) is 0.179. The first kappa shape index (κ1) is 41.7. The molecule has 0 spiro atoms. The zero-order chi connectivity index (χ0) is 39.2. The molecule has 0 aromatic heterocycles. The third kappa shape index (κ3) is 8.68. The van der Waals surface area contributed by atoms with Crippen LogP contribution in [0.25, 0.3) is 0 Å². The molecule has 2 fully saturated rings. The van der Waals surface area contributed by atoms with E-state index >= 15 is 0 Å². The van der Waals surface area contributed by atoms with Crippen molar-refractivity contribution in [2.45, 2.75) is 84.1 Å². The number of piperazine rings is 1. The van der Waals surface area contributed by atoms with Gasteiger partial charge in [0, 0.05) is 73.3 Å². The molecule has 2 heterocycles. The van der Waals surface area contributed by atoms with Gasteiger partial charge >= 0.3 is 11.9 Å². The standard InChI is InChI=1S/C42H57Cl2N5O5/c1-5-47(6-2)26-30-14-9-8-13-29(30)17-18-33-37(39(51)52)41(3,36-31(43)15-12-16-32(36)44)38(40(53)54)34(46(33)4)25-35(50)49-23-21-48(22-24-49)28-42(27-45)19-10-7-11-20-42/h8-9,12-16H,5-7,10-11,17-28,45H2,1-4H3,(H,51,52)(H,53,54). The summed E-state index contributed by atoms with van der Waals surface area (Å²) in [5.74, 6) is -2.83. The van der Waals surface area contributed by atoms with E-state index in [9.17, 15) is 24.6 Å². The average molecular weight is 783 g/mol. The molecule has 1 amide bonds. The van der Waals surface area contributed by atoms with Crippen molar-refractivity contribution in [1.29, 1.82) is 0 Å². The summed E-state index contributed by atoms with van der Waals surface area (Å²) in [5, 5.41) is 22.3. The molecule has 294 valence electrons. The molecule has 1 atom stereocenters. The van der Waals surface area contributed by atoms with E-state index in [0.717, 1.165) is 50.1 Å². The Labute approximate surface area is 330 Å². The fourth-order valence-corrected chi connectivity index (χ4v) is 9.89. The highest BCUT2D eigenvalue weighted by molar-refractivity contribution is 6.36. The third-order valence-electron chi connectivity index (χ3n) is 12.3. The minimum absolute atomic E-state index is 0.122. The molecule has 1 unspecified atom stereocenters. The Morgan fingerprint density at radius 1 is 0.815 bits per heavy atom. The second-order valence-electron chi connectivity index (χ2n) is 15.4. The van der Waals surface area contributed by atoms with Gasteiger partial charge in [-0.3, -0.25) is 14.6 Å². The summed E-state index contributed by atoms with van der Waals surface area (Å²) in [4.78, 5) is 49.4. The topological polar surface area (TPSA) is 131 Å². The van der Waals surface area contributed by atoms with E-state index in [2.05, 4.69) is 35.8 Å². The number of rotatable bonds is 15. The predicted molar refractivity (Wildman–Crippen MR) is 214 cm³/mol. The van der Waals surface area contributed by atoms with Crippen molar-refractivity contribution in [1.82, 2.24) is 19.6 Å². The Balaban J connectivity index is 1.52. The second-order valence-corrected chi connectivity index (χ2v) is 16.2. The summed E-state index contributed by atoms with van der Waals surface area (Å²) in [7, 11) is 1.67. The number of benzene rings is 2. The summed E-state index contributed by atoms with van der Waals surface area (Å²) in [6.07, 6.45) is 6.46. The van der Waals surface area contributed by atoms with Gasteiger partial charge in [-0.05, 0) is 80.9 Å². The van der Waals surface area contributed by atoms with Crippen molar-refractivity contribution in [3.63, 3.8) is 0 Å². The number of carboxylic acid groups (broad SMARTS) is 2. The van der Waals surface area contributed by atoms with E-state index in [1.54, 1.807) is 42.0 Å². The van der Waals surface area contributed by atoms with Crippen LogP contribution in [0, 0.1) is 5.41 Å². The maximum atomic E-state index is 14.2. The normalized spacial score (nSPS) is 20.9. The fraction of sp³-hybridized carbons (Fsp3) is 0.548. The summed E-state index contributed by atoms with van der Waals surface area (Å²) in [5.41, 5.74) is 7.32. The average Bonchev–Trinajstić information content (AvgIpc) is 3.15. The first-order valence-corrected chi connectivity index (χ1v) is 20.2. The number of carboxylic acids is 2. The van der Waals surface area contributed by atoms with E-state index in [0.29, 0.717) is 44.8 Å². The van der Waals surface area contributed by atoms with Crippen molar-refractivity contribution in [2.75, 3.05) is 59.4 Å². The molecule has 5 rings (SSSR count). The lowest BCUT2D eigenvalue weighted by Crippen LogP contribution is -2.53. The van der Waals surface area contributed by atoms with E-state index in [1.807, 2.05) is 12.1 Å². The van der Waals surface area contributed by atoms with Crippen LogP contribution in [0.4, 0.5) is 0 Å². The minimum Gasteiger partial charge on any atom is -0.478 e. The number of amides is 1. The third-order valence-corrected chi connectivity index (χ3v) is 12.9. The summed E-state index contributed by atoms with van der Waals surface area (Å²) < 4.78 is 0. The molecule has 1 saturated carbocycles. The highest BCUT2D eigenvalue weighted by atomic mass is 35.5. The van der Waals surface area contributed by atoms with Gasteiger partial charge in [-0.1, -0.05) is 86.6 Å². The molecule has 3 aliphatic rings. The van der Waals surface area contributed by atoms with Gasteiger partial charge in [-0.2, -0.15) is 0 Å². The van der Waals surface area contributed by atoms with Gasteiger partial charge < -0.3 is 25.7 Å². The van der Waals surface area contributed by atoms with Crippen LogP contribution in [0.15, 0.2) is 65.0 Å². The predicted octanol–water partition coefficient (Wildman–Crippen LogP) is 6.79. The summed E-state index contributed by atoms with van der Waals surface area (Å²) in [6.45, 7) is 12.4. The van der Waals surface area contributed by atoms with E-state index < -0.39 is 17.4 Å². The van der Waals surface area contributed by atoms with Crippen molar-refractivity contribution < 1.29 is 24.6 Å². The zero-order valence-corrected chi connectivity index (χ0v) is 33.8. The molecule has 4 N–H and O–H groups in total. The van der Waals surface area contributed by atoms with Crippen LogP contribution in [0.5, 0.6) is 0 Å². The molecule has 0 bridgehead atoms. The van der Waals surface area contributed by atoms with E-state index in [-0.39, 0.29) is 56.6 Å². The molecule has 2 aromatic rings. The molecule has 54 heavy (non-hydrogen) atoms. The maximum absolute atomic E-state index is 14.2. The van der Waals surface area contributed by atoms with Gasteiger partial charge in [0.2, 0.25) is 5.91 Å². The summed E-state index contributed by atoms with van der Waals surface area (Å²) >= 11 is 13.6. The second kappa shape index (κ2) is 18.0. The highest BCUT2D eigenvalue weighted by Crippen LogP contribution is 2.52. The molecule has 2 aliphatic heterocycles. The first-order chi connectivity index (χ1) is 25.8. The molecule has 1 aliphatic carbocycles. The Kier molecular flexibility index (Phi) is 13.9. The molecular formula is C42H57Cl2N5O5. The van der Waals surface area contributed by atoms with Gasteiger partial charge in [0.15, 0.2) is 0 Å². The van der Waals surface area contributed by atoms with Crippen molar-refractivity contribution >= 4 is 41.0 Å². The molecule has 0 radical (unpaired) electrons. The lowest BCUT2D eigenvalue weighted by molar-refractivity contribution is -0.134. The molecule has 10 nitrogen and oxygen atoms in total. The number of carbonyl (C=O) groups excluding carboxylic acids is 1. The van der Waals surface area contributed by atoms with Gasteiger partial charge in [0.1, 0.15) is 0 Å². The first-order valence-electron chi connectivity index (χ1n) is 19.4. The van der Waals surface area contributed by atoms with Crippen LogP contribution < -0.4 is 5.73 Å². The number of halogens is 2.